The van der Waals surface area contributed by atoms with Gasteiger partial charge in [-0.25, -0.2) is 0 Å². The van der Waals surface area contributed by atoms with E-state index in [1.165, 1.54) is 41.5 Å². The average molecular weight is 586 g/mol. The summed E-state index contributed by atoms with van der Waals surface area (Å²) in [6.45, 7) is 0. The second kappa shape index (κ2) is 8.91. The summed E-state index contributed by atoms with van der Waals surface area (Å²) in [6, 6.07) is 48.4. The first-order chi connectivity index (χ1) is 21.2. The van der Waals surface area contributed by atoms with Crippen LogP contribution in [0.2, 0.25) is 0 Å². The van der Waals surface area contributed by atoms with E-state index in [0.29, 0.717) is 12.1 Å². The standard InChI is InChI=1S/C40H24Se/c1-5-14-30-25(10-1)22-26-11-2-6-15-31(26)38(30)29-20-21-34-35-18-9-19-36(40(35)41-37(34)24-29)39-32-16-7-3-12-27(32)23-28-13-4-8-17-33(28)39/h1-24H/i22D,23D. The Morgan fingerprint density at radius 2 is 0.902 bits per heavy atom. The Balaban J connectivity index is 1.35. The van der Waals surface area contributed by atoms with Crippen LogP contribution in [0, 0.1) is 0 Å². The summed E-state index contributed by atoms with van der Waals surface area (Å²) in [5.41, 5.74) is 4.92. The van der Waals surface area contributed by atoms with Gasteiger partial charge < -0.3 is 0 Å². The van der Waals surface area contributed by atoms with E-state index < -0.39 is 0 Å². The quantitative estimate of drug-likeness (QED) is 0.140. The normalized spacial score (nSPS) is 12.6. The van der Waals surface area contributed by atoms with Gasteiger partial charge in [0.1, 0.15) is 0 Å². The molecule has 0 aliphatic heterocycles. The van der Waals surface area contributed by atoms with Gasteiger partial charge in [0, 0.05) is 0 Å². The molecule has 41 heavy (non-hydrogen) atoms. The summed E-state index contributed by atoms with van der Waals surface area (Å²) >= 11 is 0.111. The zero-order valence-corrected chi connectivity index (χ0v) is 23.8. The van der Waals surface area contributed by atoms with Gasteiger partial charge in [-0.05, 0) is 0 Å². The second-order valence-electron chi connectivity index (χ2n) is 10.7. The third-order valence-corrected chi connectivity index (χ3v) is 10.9. The molecule has 0 spiro atoms. The zero-order chi connectivity index (χ0) is 28.7. The van der Waals surface area contributed by atoms with Crippen molar-refractivity contribution < 1.29 is 2.74 Å². The molecule has 0 saturated carbocycles. The van der Waals surface area contributed by atoms with Gasteiger partial charge in [0.15, 0.2) is 0 Å². The van der Waals surface area contributed by atoms with Crippen LogP contribution in [0.3, 0.4) is 0 Å². The Bertz CT molecular complexity index is 2480. The van der Waals surface area contributed by atoms with Crippen molar-refractivity contribution in [3.05, 3.63) is 146 Å². The molecule has 0 atom stereocenters. The molecular weight excluding hydrogens is 559 g/mol. The molecule has 9 aromatic rings. The van der Waals surface area contributed by atoms with Crippen molar-refractivity contribution in [2.45, 2.75) is 0 Å². The Morgan fingerprint density at radius 1 is 0.415 bits per heavy atom. The van der Waals surface area contributed by atoms with Gasteiger partial charge in [0.05, 0.1) is 0 Å². The number of rotatable bonds is 2. The molecule has 0 amide bonds. The van der Waals surface area contributed by atoms with E-state index in [2.05, 4.69) is 109 Å². The van der Waals surface area contributed by atoms with Crippen molar-refractivity contribution in [3.63, 3.8) is 0 Å². The summed E-state index contributed by atoms with van der Waals surface area (Å²) in [5.74, 6) is 0. The average Bonchev–Trinajstić information content (AvgIpc) is 3.44. The van der Waals surface area contributed by atoms with Crippen LogP contribution in [-0.2, 0) is 0 Å². The van der Waals surface area contributed by atoms with E-state index >= 15 is 0 Å². The fourth-order valence-electron chi connectivity index (χ4n) is 6.57. The topological polar surface area (TPSA) is 0 Å². The van der Waals surface area contributed by atoms with Gasteiger partial charge in [0.2, 0.25) is 0 Å². The summed E-state index contributed by atoms with van der Waals surface area (Å²) in [7, 11) is 0. The first kappa shape index (κ1) is 21.1. The summed E-state index contributed by atoms with van der Waals surface area (Å²) in [5, 5.41) is 11.1. The minimum atomic E-state index is 0.111. The third-order valence-electron chi connectivity index (χ3n) is 8.38. The molecule has 9 rings (SSSR count). The van der Waals surface area contributed by atoms with Gasteiger partial charge in [-0.15, -0.1) is 0 Å². The van der Waals surface area contributed by atoms with E-state index in [0.717, 1.165) is 43.1 Å². The predicted octanol–water partition coefficient (Wildman–Crippen LogP) is 11.0. The van der Waals surface area contributed by atoms with Crippen molar-refractivity contribution in [1.82, 2.24) is 0 Å². The molecule has 0 saturated heterocycles. The van der Waals surface area contributed by atoms with Crippen LogP contribution in [0.15, 0.2) is 146 Å². The molecule has 0 aliphatic carbocycles. The maximum absolute atomic E-state index is 8.98. The molecule has 0 aliphatic rings. The van der Waals surface area contributed by atoms with Crippen LogP contribution in [-0.4, -0.2) is 14.5 Å². The van der Waals surface area contributed by atoms with Gasteiger partial charge in [-0.1, -0.05) is 0 Å². The Hall–Kier alpha value is -4.68. The zero-order valence-electron chi connectivity index (χ0n) is 24.1. The van der Waals surface area contributed by atoms with E-state index in [4.69, 9.17) is 2.74 Å². The SMILES string of the molecule is [2H]c1c2ccccc2c(-c2ccc3c(c2)[se]c2c(-c4c5ccccc5c([2H])c5ccccc45)cccc23)c2ccccc12. The fraction of sp³-hybridized carbons (Fsp3) is 0. The first-order valence-electron chi connectivity index (χ1n) is 14.9. The van der Waals surface area contributed by atoms with E-state index in [-0.39, 0.29) is 14.5 Å². The van der Waals surface area contributed by atoms with Gasteiger partial charge in [-0.2, -0.15) is 0 Å². The molecule has 1 heterocycles. The van der Waals surface area contributed by atoms with E-state index in [1.807, 2.05) is 24.3 Å². The molecule has 0 bridgehead atoms. The summed E-state index contributed by atoms with van der Waals surface area (Å²) in [4.78, 5) is 0. The van der Waals surface area contributed by atoms with E-state index in [1.54, 1.807) is 0 Å². The first-order valence-corrected chi connectivity index (χ1v) is 15.7. The van der Waals surface area contributed by atoms with Crippen LogP contribution in [0.5, 0.6) is 0 Å². The van der Waals surface area contributed by atoms with Crippen molar-refractivity contribution in [3.8, 4) is 22.3 Å². The van der Waals surface area contributed by atoms with Crippen molar-refractivity contribution in [2.24, 2.45) is 0 Å². The third kappa shape index (κ3) is 3.47. The molecule has 1 heteroatoms. The van der Waals surface area contributed by atoms with Gasteiger partial charge in [-0.3, -0.25) is 0 Å². The Labute approximate surface area is 246 Å². The number of hydrogen-bond acceptors (Lipinski definition) is 0. The van der Waals surface area contributed by atoms with Crippen LogP contribution in [0.1, 0.15) is 2.74 Å². The molecule has 0 nitrogen and oxygen atoms in total. The molecule has 0 radical (unpaired) electrons. The molecule has 1 aromatic heterocycles. The molecule has 0 N–H and O–H groups in total. The molecule has 0 fully saturated rings. The second-order valence-corrected chi connectivity index (χ2v) is 12.9. The number of benzene rings is 8. The summed E-state index contributed by atoms with van der Waals surface area (Å²) < 4.78 is 20.7. The van der Waals surface area contributed by atoms with Crippen molar-refractivity contribution in [1.29, 1.82) is 0 Å². The van der Waals surface area contributed by atoms with Crippen LogP contribution in [0.25, 0.3) is 84.6 Å². The number of hydrogen-bond donors (Lipinski definition) is 0. The monoisotopic (exact) mass is 586 g/mol. The van der Waals surface area contributed by atoms with Crippen LogP contribution < -0.4 is 0 Å². The predicted molar refractivity (Wildman–Crippen MR) is 179 cm³/mol. The van der Waals surface area contributed by atoms with Crippen LogP contribution in [0.4, 0.5) is 0 Å². The molecule has 8 aromatic carbocycles. The van der Waals surface area contributed by atoms with Crippen molar-refractivity contribution >= 4 is 76.9 Å². The molecule has 190 valence electrons. The molecular formula is C40H24Se. The van der Waals surface area contributed by atoms with Gasteiger partial charge >= 0.3 is 247 Å². The fourth-order valence-corrected chi connectivity index (χ4v) is 9.22. The molecule has 0 unspecified atom stereocenters. The van der Waals surface area contributed by atoms with Gasteiger partial charge in [0.25, 0.3) is 0 Å². The number of fused-ring (bicyclic) bond motifs is 7. The minimum absolute atomic E-state index is 0.111. The van der Waals surface area contributed by atoms with Crippen molar-refractivity contribution in [2.75, 3.05) is 0 Å². The Morgan fingerprint density at radius 3 is 1.46 bits per heavy atom. The maximum atomic E-state index is 8.98. The van der Waals surface area contributed by atoms with E-state index in [9.17, 15) is 0 Å². The Kier molecular flexibility index (Phi) is 4.59. The van der Waals surface area contributed by atoms with Crippen LogP contribution >= 0.6 is 0 Å². The summed E-state index contributed by atoms with van der Waals surface area (Å²) in [6.07, 6.45) is 0.